The molecule has 0 bridgehead atoms. The van der Waals surface area contributed by atoms with Crippen LogP contribution in [0.4, 0.5) is 5.82 Å². The highest BCUT2D eigenvalue weighted by molar-refractivity contribution is 8.01. The quantitative estimate of drug-likeness (QED) is 0.670. The summed E-state index contributed by atoms with van der Waals surface area (Å²) >= 11 is 1.63. The predicted molar refractivity (Wildman–Crippen MR) is 113 cm³/mol. The number of anilines is 1. The molecular weight excluding hydrogens is 370 g/mol. The van der Waals surface area contributed by atoms with Crippen molar-refractivity contribution < 1.29 is 9.53 Å². The molecule has 0 radical (unpaired) electrons. The molecular formula is C22H23N3O2S. The van der Waals surface area contributed by atoms with Crippen LogP contribution in [0.25, 0.3) is 0 Å². The van der Waals surface area contributed by atoms with Crippen LogP contribution in [0.2, 0.25) is 0 Å². The van der Waals surface area contributed by atoms with Gasteiger partial charge in [0.15, 0.2) is 5.82 Å². The van der Waals surface area contributed by atoms with E-state index in [-0.39, 0.29) is 16.4 Å². The third-order valence-electron chi connectivity index (χ3n) is 4.88. The third kappa shape index (κ3) is 3.78. The average Bonchev–Trinajstić information content (AvgIpc) is 2.98. The van der Waals surface area contributed by atoms with E-state index in [1.165, 1.54) is 5.56 Å². The Morgan fingerprint density at radius 2 is 1.93 bits per heavy atom. The number of aryl methyl sites for hydroxylation is 2. The normalized spacial score (nSPS) is 18.9. The molecule has 0 saturated heterocycles. The number of carbonyl (C=O) groups excluding carboxylic acids is 1. The van der Waals surface area contributed by atoms with Crippen LogP contribution in [-0.4, -0.2) is 21.4 Å². The Kier molecular flexibility index (Phi) is 5.13. The Balaban J connectivity index is 1.54. The van der Waals surface area contributed by atoms with Gasteiger partial charge in [-0.15, -0.1) is 11.8 Å². The fourth-order valence-electron chi connectivity index (χ4n) is 3.36. The van der Waals surface area contributed by atoms with E-state index in [0.29, 0.717) is 12.4 Å². The van der Waals surface area contributed by atoms with E-state index < -0.39 is 0 Å². The fourth-order valence-corrected chi connectivity index (χ4v) is 4.69. The Hall–Kier alpha value is -2.73. The molecule has 2 aromatic carbocycles. The van der Waals surface area contributed by atoms with Crippen LogP contribution >= 0.6 is 11.8 Å². The second-order valence-corrected chi connectivity index (χ2v) is 8.56. The summed E-state index contributed by atoms with van der Waals surface area (Å²) in [5.41, 5.74) is 5.52. The lowest BCUT2D eigenvalue weighted by Gasteiger charge is -2.18. The number of hydrogen-bond donors (Lipinski definition) is 2. The fraction of sp³-hybridized carbons (Fsp3) is 0.273. The van der Waals surface area contributed by atoms with Gasteiger partial charge in [0.1, 0.15) is 12.4 Å². The Morgan fingerprint density at radius 3 is 2.68 bits per heavy atom. The van der Waals surface area contributed by atoms with Crippen LogP contribution in [-0.2, 0) is 11.4 Å². The molecule has 1 aliphatic heterocycles. The number of carbonyl (C=O) groups is 1. The van der Waals surface area contributed by atoms with Crippen molar-refractivity contribution in [3.05, 3.63) is 76.5 Å². The largest absolute Gasteiger partial charge is 0.489 e. The van der Waals surface area contributed by atoms with E-state index in [1.807, 2.05) is 32.0 Å². The Bertz CT molecular complexity index is 997. The third-order valence-corrected chi connectivity index (χ3v) is 6.28. The number of ether oxygens (including phenoxy) is 1. The number of nitrogens with one attached hydrogen (secondary N) is 2. The van der Waals surface area contributed by atoms with Gasteiger partial charge in [-0.2, -0.15) is 5.10 Å². The van der Waals surface area contributed by atoms with Crippen molar-refractivity contribution in [3.63, 3.8) is 0 Å². The maximum absolute atomic E-state index is 12.3. The number of thioether (sulfide) groups is 1. The molecule has 0 saturated carbocycles. The molecule has 2 atom stereocenters. The SMILES string of the molecule is Cc1cccc(COc2ccc(C3SC(C)C(=O)Nc4n[nH]c(C)c43)cc2)c1. The zero-order valence-corrected chi connectivity index (χ0v) is 17.0. The summed E-state index contributed by atoms with van der Waals surface area (Å²) in [4.78, 5) is 12.3. The average molecular weight is 394 g/mol. The molecule has 0 fully saturated rings. The summed E-state index contributed by atoms with van der Waals surface area (Å²) in [6, 6.07) is 16.4. The van der Waals surface area contributed by atoms with Crippen LogP contribution in [0.5, 0.6) is 5.75 Å². The molecule has 1 aromatic heterocycles. The number of fused-ring (bicyclic) bond motifs is 1. The smallest absolute Gasteiger partial charge is 0.238 e. The summed E-state index contributed by atoms with van der Waals surface area (Å²) < 4.78 is 5.94. The van der Waals surface area contributed by atoms with Gasteiger partial charge in [-0.3, -0.25) is 9.89 Å². The molecule has 0 aliphatic carbocycles. The van der Waals surface area contributed by atoms with Gasteiger partial charge in [0.2, 0.25) is 5.91 Å². The van der Waals surface area contributed by atoms with E-state index in [9.17, 15) is 4.79 Å². The van der Waals surface area contributed by atoms with Gasteiger partial charge < -0.3 is 10.1 Å². The molecule has 1 aliphatic rings. The van der Waals surface area contributed by atoms with Crippen molar-refractivity contribution >= 4 is 23.5 Å². The number of aromatic nitrogens is 2. The second kappa shape index (κ2) is 7.72. The maximum atomic E-state index is 12.3. The van der Waals surface area contributed by atoms with Gasteiger partial charge in [-0.25, -0.2) is 0 Å². The number of benzene rings is 2. The Morgan fingerprint density at radius 1 is 1.14 bits per heavy atom. The summed E-state index contributed by atoms with van der Waals surface area (Å²) in [5.74, 6) is 1.44. The zero-order chi connectivity index (χ0) is 19.7. The van der Waals surface area contributed by atoms with Crippen molar-refractivity contribution in [3.8, 4) is 5.75 Å². The lowest BCUT2D eigenvalue weighted by Crippen LogP contribution is -2.21. The van der Waals surface area contributed by atoms with Crippen molar-refractivity contribution in [2.24, 2.45) is 0 Å². The number of H-pyrrole nitrogens is 1. The topological polar surface area (TPSA) is 67.0 Å². The summed E-state index contributed by atoms with van der Waals surface area (Å²) in [7, 11) is 0. The van der Waals surface area contributed by atoms with E-state index in [0.717, 1.165) is 28.1 Å². The summed E-state index contributed by atoms with van der Waals surface area (Å²) in [6.07, 6.45) is 0. The van der Waals surface area contributed by atoms with Crippen LogP contribution in [0.1, 0.15) is 40.1 Å². The molecule has 2 heterocycles. The van der Waals surface area contributed by atoms with E-state index in [1.54, 1.807) is 11.8 Å². The molecule has 144 valence electrons. The number of hydrogen-bond acceptors (Lipinski definition) is 4. The zero-order valence-electron chi connectivity index (χ0n) is 16.2. The number of nitrogens with zero attached hydrogens (tertiary/aromatic N) is 1. The van der Waals surface area contributed by atoms with Crippen LogP contribution < -0.4 is 10.1 Å². The first-order chi connectivity index (χ1) is 13.5. The predicted octanol–water partition coefficient (Wildman–Crippen LogP) is 4.77. The van der Waals surface area contributed by atoms with Crippen molar-refractivity contribution in [2.75, 3.05) is 5.32 Å². The molecule has 6 heteroatoms. The molecule has 5 nitrogen and oxygen atoms in total. The minimum absolute atomic E-state index is 0.0154. The Labute approximate surface area is 168 Å². The maximum Gasteiger partial charge on any atom is 0.238 e. The molecule has 0 spiro atoms. The number of rotatable bonds is 4. The van der Waals surface area contributed by atoms with Crippen LogP contribution in [0.15, 0.2) is 48.5 Å². The van der Waals surface area contributed by atoms with E-state index in [2.05, 4.69) is 52.8 Å². The molecule has 3 aromatic rings. The highest BCUT2D eigenvalue weighted by Gasteiger charge is 2.32. The highest BCUT2D eigenvalue weighted by Crippen LogP contribution is 2.44. The molecule has 4 rings (SSSR count). The van der Waals surface area contributed by atoms with Gasteiger partial charge in [0.25, 0.3) is 0 Å². The minimum Gasteiger partial charge on any atom is -0.489 e. The number of amides is 1. The lowest BCUT2D eigenvalue weighted by molar-refractivity contribution is -0.115. The van der Waals surface area contributed by atoms with Gasteiger partial charge in [0.05, 0.1) is 10.5 Å². The second-order valence-electron chi connectivity index (χ2n) is 7.11. The van der Waals surface area contributed by atoms with Crippen LogP contribution in [0.3, 0.4) is 0 Å². The van der Waals surface area contributed by atoms with Gasteiger partial charge in [-0.1, -0.05) is 42.0 Å². The molecule has 1 amide bonds. The summed E-state index contributed by atoms with van der Waals surface area (Å²) in [5, 5.41) is 10.1. The first-order valence-electron chi connectivity index (χ1n) is 9.31. The monoisotopic (exact) mass is 393 g/mol. The molecule has 2 N–H and O–H groups in total. The van der Waals surface area contributed by atoms with Crippen LogP contribution in [0, 0.1) is 13.8 Å². The summed E-state index contributed by atoms with van der Waals surface area (Å²) in [6.45, 7) is 6.53. The lowest BCUT2D eigenvalue weighted by atomic mass is 10.0. The first-order valence-corrected chi connectivity index (χ1v) is 10.2. The highest BCUT2D eigenvalue weighted by atomic mass is 32.2. The number of aromatic amines is 1. The van der Waals surface area contributed by atoms with Crippen molar-refractivity contribution in [2.45, 2.75) is 37.9 Å². The molecule has 2 unspecified atom stereocenters. The van der Waals surface area contributed by atoms with Gasteiger partial charge >= 0.3 is 0 Å². The van der Waals surface area contributed by atoms with Crippen molar-refractivity contribution in [1.29, 1.82) is 0 Å². The van der Waals surface area contributed by atoms with E-state index >= 15 is 0 Å². The minimum atomic E-state index is -0.157. The standard InChI is InChI=1S/C22H23N3O2S/c1-13-5-4-6-16(11-13)12-27-18-9-7-17(8-10-18)20-19-14(2)24-25-21(19)23-22(26)15(3)28-20/h4-11,15,20H,12H2,1-3H3,(H2,23,24,25,26). The van der Waals surface area contributed by atoms with Crippen molar-refractivity contribution in [1.82, 2.24) is 10.2 Å². The molecule has 28 heavy (non-hydrogen) atoms. The first kappa shape index (κ1) is 18.6. The van der Waals surface area contributed by atoms with Gasteiger partial charge in [0, 0.05) is 11.3 Å². The van der Waals surface area contributed by atoms with E-state index in [4.69, 9.17) is 4.74 Å². The van der Waals surface area contributed by atoms with Gasteiger partial charge in [-0.05, 0) is 44.0 Å².